The van der Waals surface area contributed by atoms with E-state index >= 15 is 0 Å². The summed E-state index contributed by atoms with van der Waals surface area (Å²) in [6.07, 6.45) is 3.24. The minimum absolute atomic E-state index is 0.0835. The Kier molecular flexibility index (Phi) is 4.83. The number of hydrogen-bond donors (Lipinski definition) is 1. The van der Waals surface area contributed by atoms with Crippen molar-refractivity contribution in [2.24, 2.45) is 0 Å². The van der Waals surface area contributed by atoms with Gasteiger partial charge in [0.05, 0.1) is 5.56 Å². The van der Waals surface area contributed by atoms with Crippen LogP contribution >= 0.6 is 11.3 Å². The minimum atomic E-state index is -0.0835. The van der Waals surface area contributed by atoms with Crippen molar-refractivity contribution in [3.05, 3.63) is 76.7 Å². The van der Waals surface area contributed by atoms with Gasteiger partial charge in [-0.1, -0.05) is 31.2 Å². The molecule has 2 aromatic heterocycles. The van der Waals surface area contributed by atoms with Crippen LogP contribution in [0.15, 0.2) is 65.6 Å². The number of carbonyl (C=O) groups is 1. The van der Waals surface area contributed by atoms with Crippen LogP contribution in [0.1, 0.15) is 28.8 Å². The van der Waals surface area contributed by atoms with Crippen LogP contribution in [0, 0.1) is 0 Å². The number of carbonyl (C=O) groups excluding carboxylic acids is 1. The van der Waals surface area contributed by atoms with Gasteiger partial charge in [0.2, 0.25) is 0 Å². The van der Waals surface area contributed by atoms with E-state index in [4.69, 9.17) is 0 Å². The van der Waals surface area contributed by atoms with Crippen LogP contribution in [-0.4, -0.2) is 17.4 Å². The monoisotopic (exact) mass is 322 g/mol. The number of aromatic nitrogens is 1. The first-order valence-corrected chi connectivity index (χ1v) is 8.49. The summed E-state index contributed by atoms with van der Waals surface area (Å²) in [5, 5.41) is 7.19. The van der Waals surface area contributed by atoms with Crippen molar-refractivity contribution in [1.82, 2.24) is 10.3 Å². The van der Waals surface area contributed by atoms with Gasteiger partial charge in [-0.25, -0.2) is 0 Å². The first-order valence-electron chi connectivity index (χ1n) is 7.55. The summed E-state index contributed by atoms with van der Waals surface area (Å²) in [5.74, 6) is 0.173. The summed E-state index contributed by atoms with van der Waals surface area (Å²) in [7, 11) is 0. The Labute approximate surface area is 140 Å². The van der Waals surface area contributed by atoms with Gasteiger partial charge < -0.3 is 5.32 Å². The molecule has 0 aliphatic carbocycles. The lowest BCUT2D eigenvalue weighted by molar-refractivity contribution is 0.0951. The molecule has 3 aromatic rings. The molecule has 23 heavy (non-hydrogen) atoms. The molecule has 3 rings (SSSR count). The molecule has 1 amide bonds. The Hall–Kier alpha value is -2.46. The number of thiophene rings is 1. The van der Waals surface area contributed by atoms with E-state index in [9.17, 15) is 4.79 Å². The molecule has 1 unspecified atom stereocenters. The third kappa shape index (κ3) is 3.85. The Morgan fingerprint density at radius 2 is 2.00 bits per heavy atom. The smallest absolute Gasteiger partial charge is 0.252 e. The zero-order chi connectivity index (χ0) is 16.1. The molecule has 4 heteroatoms. The summed E-state index contributed by atoms with van der Waals surface area (Å²) in [6, 6.07) is 14.2. The molecule has 1 atom stereocenters. The van der Waals surface area contributed by atoms with Crippen LogP contribution in [-0.2, 0) is 0 Å². The van der Waals surface area contributed by atoms with Gasteiger partial charge in [0.15, 0.2) is 0 Å². The van der Waals surface area contributed by atoms with Crippen molar-refractivity contribution in [1.29, 1.82) is 0 Å². The topological polar surface area (TPSA) is 42.0 Å². The fourth-order valence-electron chi connectivity index (χ4n) is 2.40. The van der Waals surface area contributed by atoms with Crippen LogP contribution in [0.4, 0.5) is 0 Å². The third-order valence-electron chi connectivity index (χ3n) is 3.83. The van der Waals surface area contributed by atoms with Crippen LogP contribution < -0.4 is 5.32 Å². The number of amides is 1. The highest BCUT2D eigenvalue weighted by molar-refractivity contribution is 7.08. The summed E-state index contributed by atoms with van der Waals surface area (Å²) in [4.78, 5) is 16.0. The van der Waals surface area contributed by atoms with Gasteiger partial charge in [-0.2, -0.15) is 11.3 Å². The van der Waals surface area contributed by atoms with Crippen molar-refractivity contribution < 1.29 is 4.79 Å². The maximum atomic E-state index is 12.0. The Morgan fingerprint density at radius 3 is 2.65 bits per heavy atom. The largest absolute Gasteiger partial charge is 0.351 e. The van der Waals surface area contributed by atoms with Crippen LogP contribution in [0.2, 0.25) is 0 Å². The number of benzene rings is 1. The number of nitrogens with zero attached hydrogens (tertiary/aromatic N) is 1. The van der Waals surface area contributed by atoms with Gasteiger partial charge in [-0.05, 0) is 51.6 Å². The maximum absolute atomic E-state index is 12.0. The highest BCUT2D eigenvalue weighted by Gasteiger charge is 2.10. The Balaban J connectivity index is 1.60. The van der Waals surface area contributed by atoms with E-state index in [1.807, 2.05) is 0 Å². The van der Waals surface area contributed by atoms with Gasteiger partial charge in [0.1, 0.15) is 0 Å². The second-order valence-corrected chi connectivity index (χ2v) is 6.27. The summed E-state index contributed by atoms with van der Waals surface area (Å²) < 4.78 is 0. The molecule has 0 aliphatic heterocycles. The van der Waals surface area contributed by atoms with Crippen LogP contribution in [0.5, 0.6) is 0 Å². The zero-order valence-electron chi connectivity index (χ0n) is 12.9. The highest BCUT2D eigenvalue weighted by Crippen LogP contribution is 2.24. The van der Waals surface area contributed by atoms with E-state index in [2.05, 4.69) is 58.3 Å². The maximum Gasteiger partial charge on any atom is 0.252 e. The van der Waals surface area contributed by atoms with Crippen molar-refractivity contribution in [2.75, 3.05) is 6.54 Å². The van der Waals surface area contributed by atoms with E-state index in [0.717, 1.165) is 0 Å². The molecule has 0 spiro atoms. The molecule has 0 bridgehead atoms. The number of rotatable bonds is 5. The van der Waals surface area contributed by atoms with E-state index < -0.39 is 0 Å². The van der Waals surface area contributed by atoms with Gasteiger partial charge in [0, 0.05) is 18.9 Å². The number of pyridine rings is 1. The van der Waals surface area contributed by atoms with Gasteiger partial charge >= 0.3 is 0 Å². The minimum Gasteiger partial charge on any atom is -0.351 e. The molecular weight excluding hydrogens is 304 g/mol. The molecule has 116 valence electrons. The second-order valence-electron chi connectivity index (χ2n) is 5.49. The Bertz CT molecular complexity index is 752. The molecule has 0 fully saturated rings. The molecule has 1 N–H and O–H groups in total. The molecule has 3 nitrogen and oxygen atoms in total. The summed E-state index contributed by atoms with van der Waals surface area (Å²) >= 11 is 1.70. The van der Waals surface area contributed by atoms with Gasteiger partial charge in [0.25, 0.3) is 5.91 Å². The highest BCUT2D eigenvalue weighted by atomic mass is 32.1. The lowest BCUT2D eigenvalue weighted by Crippen LogP contribution is -2.27. The van der Waals surface area contributed by atoms with E-state index in [1.165, 1.54) is 16.7 Å². The lowest BCUT2D eigenvalue weighted by Gasteiger charge is -2.13. The van der Waals surface area contributed by atoms with Crippen LogP contribution in [0.3, 0.4) is 0 Å². The Morgan fingerprint density at radius 1 is 1.17 bits per heavy atom. The van der Waals surface area contributed by atoms with E-state index in [1.54, 1.807) is 35.9 Å². The average molecular weight is 322 g/mol. The zero-order valence-corrected chi connectivity index (χ0v) is 13.7. The van der Waals surface area contributed by atoms with E-state index in [0.29, 0.717) is 12.1 Å². The predicted molar refractivity (Wildman–Crippen MR) is 94.7 cm³/mol. The van der Waals surface area contributed by atoms with Crippen molar-refractivity contribution in [2.45, 2.75) is 12.8 Å². The first-order chi connectivity index (χ1) is 11.2. The number of hydrogen-bond acceptors (Lipinski definition) is 3. The van der Waals surface area contributed by atoms with Crippen LogP contribution in [0.25, 0.3) is 11.1 Å². The standard InChI is InChI=1S/C19H18N2OS/c1-14(11-21-19(22)17-3-2-9-20-12-17)15-4-6-16(7-5-15)18-8-10-23-13-18/h2-10,12-14H,11H2,1H3,(H,21,22). The predicted octanol–water partition coefficient (Wildman–Crippen LogP) is 4.34. The molecule has 1 aromatic carbocycles. The molecular formula is C19H18N2OS. The molecule has 0 radical (unpaired) electrons. The summed E-state index contributed by atoms with van der Waals surface area (Å²) in [6.45, 7) is 2.72. The summed E-state index contributed by atoms with van der Waals surface area (Å²) in [5.41, 5.74) is 4.28. The molecule has 0 saturated heterocycles. The van der Waals surface area contributed by atoms with E-state index in [-0.39, 0.29) is 11.8 Å². The van der Waals surface area contributed by atoms with Crippen molar-refractivity contribution >= 4 is 17.2 Å². The second kappa shape index (κ2) is 7.20. The van der Waals surface area contributed by atoms with Gasteiger partial charge in [-0.3, -0.25) is 9.78 Å². The van der Waals surface area contributed by atoms with Crippen molar-refractivity contribution in [3.8, 4) is 11.1 Å². The van der Waals surface area contributed by atoms with Gasteiger partial charge in [-0.15, -0.1) is 0 Å². The average Bonchev–Trinajstić information content (AvgIpc) is 3.15. The SMILES string of the molecule is CC(CNC(=O)c1cccnc1)c1ccc(-c2ccsc2)cc1. The third-order valence-corrected chi connectivity index (χ3v) is 4.51. The molecule has 0 aliphatic rings. The molecule has 2 heterocycles. The number of nitrogens with one attached hydrogen (secondary N) is 1. The van der Waals surface area contributed by atoms with Crippen molar-refractivity contribution in [3.63, 3.8) is 0 Å². The lowest BCUT2D eigenvalue weighted by atomic mass is 9.98. The fraction of sp³-hybridized carbons (Fsp3) is 0.158. The fourth-order valence-corrected chi connectivity index (χ4v) is 3.06. The quantitative estimate of drug-likeness (QED) is 0.759. The molecule has 0 saturated carbocycles. The normalized spacial score (nSPS) is 11.9. The first kappa shape index (κ1) is 15.4.